The molecule has 2 N–H and O–H groups in total. The van der Waals surface area contributed by atoms with Crippen LogP contribution in [-0.2, 0) is 11.3 Å². The molecule has 8 heteroatoms. The fourth-order valence-corrected chi connectivity index (χ4v) is 3.66. The summed E-state index contributed by atoms with van der Waals surface area (Å²) in [5, 5.41) is 0. The molecule has 0 unspecified atom stereocenters. The van der Waals surface area contributed by atoms with Crippen molar-refractivity contribution in [2.45, 2.75) is 45.8 Å². The lowest BCUT2D eigenvalue weighted by Gasteiger charge is -2.46. The average Bonchev–Trinajstić information content (AvgIpc) is 2.78. The number of nitrogens with zero attached hydrogens (tertiary/aromatic N) is 3. The zero-order valence-corrected chi connectivity index (χ0v) is 19.0. The molecular formula is C24H32N4O4. The number of benzene rings is 1. The molecule has 2 heterocycles. The molecule has 0 aliphatic carbocycles. The molecule has 1 aromatic carbocycles. The van der Waals surface area contributed by atoms with Crippen LogP contribution in [0.25, 0.3) is 0 Å². The maximum Gasteiger partial charge on any atom is 0.409 e. The Morgan fingerprint density at radius 3 is 2.62 bits per heavy atom. The zero-order chi connectivity index (χ0) is 23.1. The van der Waals surface area contributed by atoms with Gasteiger partial charge < -0.3 is 25.0 Å². The van der Waals surface area contributed by atoms with E-state index in [2.05, 4.69) is 4.98 Å². The number of unbranched alkanes of at least 4 members (excludes halogenated alkanes) is 1. The number of piperazine rings is 1. The van der Waals surface area contributed by atoms with Crippen LogP contribution in [0.4, 0.5) is 10.6 Å². The number of carbonyl (C=O) groups excluding carboxylic acids is 2. The van der Waals surface area contributed by atoms with Crippen molar-refractivity contribution in [1.82, 2.24) is 14.8 Å². The second-order valence-corrected chi connectivity index (χ2v) is 8.54. The lowest BCUT2D eigenvalue weighted by Crippen LogP contribution is -2.62. The summed E-state index contributed by atoms with van der Waals surface area (Å²) in [6.07, 6.45) is 2.94. The Balaban J connectivity index is 1.67. The summed E-state index contributed by atoms with van der Waals surface area (Å²) >= 11 is 0. The predicted octanol–water partition coefficient (Wildman–Crippen LogP) is 3.72. The number of pyridine rings is 1. The largest absolute Gasteiger partial charge is 0.485 e. The first kappa shape index (κ1) is 23.4. The van der Waals surface area contributed by atoms with Gasteiger partial charge in [-0.15, -0.1) is 0 Å². The zero-order valence-electron chi connectivity index (χ0n) is 19.0. The Morgan fingerprint density at radius 1 is 1.19 bits per heavy atom. The number of carbonyl (C=O) groups is 2. The standard InChI is InChI=1S/C24H32N4O4/c1-4-5-13-31-23(30)27-11-12-28(24(2,3)17-27)22(29)19-14-20(21(25)26-15-19)32-16-18-9-7-6-8-10-18/h6-10,14-15H,4-5,11-13,16-17H2,1-3H3,(H2,25,26). The van der Waals surface area contributed by atoms with Crippen molar-refractivity contribution in [1.29, 1.82) is 0 Å². The monoisotopic (exact) mass is 440 g/mol. The second-order valence-electron chi connectivity index (χ2n) is 8.54. The molecule has 0 bridgehead atoms. The summed E-state index contributed by atoms with van der Waals surface area (Å²) in [7, 11) is 0. The normalized spacial score (nSPS) is 15.3. The third kappa shape index (κ3) is 5.69. The van der Waals surface area contributed by atoms with Crippen LogP contribution in [-0.4, -0.2) is 58.6 Å². The summed E-state index contributed by atoms with van der Waals surface area (Å²) in [5.41, 5.74) is 6.79. The Morgan fingerprint density at radius 2 is 1.94 bits per heavy atom. The Kier molecular flexibility index (Phi) is 7.56. The molecular weight excluding hydrogens is 408 g/mol. The molecule has 0 radical (unpaired) electrons. The van der Waals surface area contributed by atoms with Crippen LogP contribution >= 0.6 is 0 Å². The van der Waals surface area contributed by atoms with E-state index in [0.717, 1.165) is 18.4 Å². The molecule has 2 amide bonds. The number of anilines is 1. The van der Waals surface area contributed by atoms with Gasteiger partial charge in [0.05, 0.1) is 17.7 Å². The van der Waals surface area contributed by atoms with E-state index in [1.165, 1.54) is 6.20 Å². The van der Waals surface area contributed by atoms with E-state index in [1.807, 2.05) is 51.1 Å². The minimum absolute atomic E-state index is 0.175. The molecule has 1 saturated heterocycles. The highest BCUT2D eigenvalue weighted by molar-refractivity contribution is 5.95. The summed E-state index contributed by atoms with van der Waals surface area (Å²) < 4.78 is 11.2. The average molecular weight is 441 g/mol. The van der Waals surface area contributed by atoms with E-state index in [-0.39, 0.29) is 17.8 Å². The summed E-state index contributed by atoms with van der Waals surface area (Å²) in [4.78, 5) is 33.2. The first-order chi connectivity index (χ1) is 15.3. The van der Waals surface area contributed by atoms with Crippen molar-refractivity contribution >= 4 is 17.8 Å². The molecule has 1 aromatic heterocycles. The SMILES string of the molecule is CCCCOC(=O)N1CCN(C(=O)c2cnc(N)c(OCc3ccccc3)c2)C(C)(C)C1. The molecule has 0 saturated carbocycles. The summed E-state index contributed by atoms with van der Waals surface area (Å²) in [5.74, 6) is 0.429. The van der Waals surface area contributed by atoms with Gasteiger partial charge in [-0.1, -0.05) is 43.7 Å². The number of amides is 2. The fraction of sp³-hybridized carbons (Fsp3) is 0.458. The minimum Gasteiger partial charge on any atom is -0.485 e. The topological polar surface area (TPSA) is 98.0 Å². The van der Waals surface area contributed by atoms with E-state index in [0.29, 0.717) is 44.2 Å². The number of ether oxygens (including phenoxy) is 2. The second kappa shape index (κ2) is 10.3. The van der Waals surface area contributed by atoms with Gasteiger partial charge in [0, 0.05) is 25.8 Å². The summed E-state index contributed by atoms with van der Waals surface area (Å²) in [6.45, 7) is 7.88. The van der Waals surface area contributed by atoms with Crippen LogP contribution in [0.5, 0.6) is 5.75 Å². The number of nitrogen functional groups attached to an aromatic ring is 1. The smallest absolute Gasteiger partial charge is 0.409 e. The van der Waals surface area contributed by atoms with Gasteiger partial charge in [0.2, 0.25) is 0 Å². The highest BCUT2D eigenvalue weighted by atomic mass is 16.6. The van der Waals surface area contributed by atoms with E-state index >= 15 is 0 Å². The van der Waals surface area contributed by atoms with Gasteiger partial charge >= 0.3 is 6.09 Å². The van der Waals surface area contributed by atoms with Gasteiger partial charge in [-0.2, -0.15) is 0 Å². The van der Waals surface area contributed by atoms with E-state index in [4.69, 9.17) is 15.2 Å². The van der Waals surface area contributed by atoms with Crippen molar-refractivity contribution in [2.75, 3.05) is 32.0 Å². The van der Waals surface area contributed by atoms with Crippen LogP contribution in [0, 0.1) is 0 Å². The number of hydrogen-bond donors (Lipinski definition) is 1. The third-order valence-corrected chi connectivity index (χ3v) is 5.49. The number of aromatic nitrogens is 1. The molecule has 1 aliphatic rings. The maximum atomic E-state index is 13.3. The van der Waals surface area contributed by atoms with Crippen LogP contribution in [0.2, 0.25) is 0 Å². The van der Waals surface area contributed by atoms with Gasteiger partial charge in [0.15, 0.2) is 11.6 Å². The first-order valence-electron chi connectivity index (χ1n) is 11.0. The van der Waals surface area contributed by atoms with Crippen LogP contribution in [0.15, 0.2) is 42.6 Å². The highest BCUT2D eigenvalue weighted by Gasteiger charge is 2.39. The van der Waals surface area contributed by atoms with E-state index in [9.17, 15) is 9.59 Å². The first-order valence-corrected chi connectivity index (χ1v) is 11.0. The predicted molar refractivity (Wildman–Crippen MR) is 122 cm³/mol. The molecule has 0 atom stereocenters. The Bertz CT molecular complexity index is 933. The van der Waals surface area contributed by atoms with Crippen molar-refractivity contribution in [3.05, 3.63) is 53.7 Å². The fourth-order valence-electron chi connectivity index (χ4n) is 3.66. The van der Waals surface area contributed by atoms with E-state index in [1.54, 1.807) is 15.9 Å². The van der Waals surface area contributed by atoms with Crippen LogP contribution in [0.3, 0.4) is 0 Å². The third-order valence-electron chi connectivity index (χ3n) is 5.49. The number of nitrogens with two attached hydrogens (primary N) is 1. The van der Waals surface area contributed by atoms with Gasteiger partial charge in [0.25, 0.3) is 5.91 Å². The molecule has 8 nitrogen and oxygen atoms in total. The number of hydrogen-bond acceptors (Lipinski definition) is 6. The van der Waals surface area contributed by atoms with Gasteiger partial charge in [-0.3, -0.25) is 4.79 Å². The molecule has 2 aromatic rings. The molecule has 172 valence electrons. The lowest BCUT2D eigenvalue weighted by atomic mass is 9.98. The Hall–Kier alpha value is -3.29. The van der Waals surface area contributed by atoms with Crippen molar-refractivity contribution < 1.29 is 19.1 Å². The van der Waals surface area contributed by atoms with Gasteiger partial charge in [-0.25, -0.2) is 9.78 Å². The van der Waals surface area contributed by atoms with Crippen molar-refractivity contribution in [3.8, 4) is 5.75 Å². The molecule has 1 fully saturated rings. The van der Waals surface area contributed by atoms with Gasteiger partial charge in [-0.05, 0) is 31.9 Å². The quantitative estimate of drug-likeness (QED) is 0.659. The minimum atomic E-state index is -0.564. The number of rotatable bonds is 7. The maximum absolute atomic E-state index is 13.3. The lowest BCUT2D eigenvalue weighted by molar-refractivity contribution is 0.0133. The summed E-state index contributed by atoms with van der Waals surface area (Å²) in [6, 6.07) is 11.3. The molecule has 0 spiro atoms. The van der Waals surface area contributed by atoms with Crippen molar-refractivity contribution in [3.63, 3.8) is 0 Å². The molecule has 3 rings (SSSR count). The van der Waals surface area contributed by atoms with Crippen molar-refractivity contribution in [2.24, 2.45) is 0 Å². The van der Waals surface area contributed by atoms with Gasteiger partial charge in [0.1, 0.15) is 6.61 Å². The Labute approximate surface area is 189 Å². The van der Waals surface area contributed by atoms with Crippen LogP contribution in [0.1, 0.15) is 49.5 Å². The molecule has 32 heavy (non-hydrogen) atoms. The van der Waals surface area contributed by atoms with Crippen LogP contribution < -0.4 is 10.5 Å². The molecule has 1 aliphatic heterocycles. The van der Waals surface area contributed by atoms with E-state index < -0.39 is 5.54 Å². The highest BCUT2D eigenvalue weighted by Crippen LogP contribution is 2.27.